The van der Waals surface area contributed by atoms with E-state index in [2.05, 4.69) is 15.3 Å². The number of H-pyrrole nitrogens is 1. The van der Waals surface area contributed by atoms with Crippen LogP contribution in [0.5, 0.6) is 0 Å². The molecule has 0 radical (unpaired) electrons. The average Bonchev–Trinajstić information content (AvgIpc) is 3.50. The Labute approximate surface area is 171 Å². The summed E-state index contributed by atoms with van der Waals surface area (Å²) < 4.78 is 1.63. The van der Waals surface area contributed by atoms with Gasteiger partial charge >= 0.3 is 0 Å². The van der Waals surface area contributed by atoms with Crippen molar-refractivity contribution in [2.45, 2.75) is 38.1 Å². The zero-order valence-corrected chi connectivity index (χ0v) is 16.6. The van der Waals surface area contributed by atoms with E-state index in [1.54, 1.807) is 4.68 Å². The van der Waals surface area contributed by atoms with Gasteiger partial charge in [-0.2, -0.15) is 0 Å². The predicted octanol–water partition coefficient (Wildman–Crippen LogP) is 2.33. The molecule has 0 unspecified atom stereocenters. The molecule has 1 aromatic carbocycles. The molecule has 3 aromatic rings. The molecule has 1 aliphatic carbocycles. The number of aromatic amines is 1. The van der Waals surface area contributed by atoms with E-state index in [4.69, 9.17) is 16.6 Å². The summed E-state index contributed by atoms with van der Waals surface area (Å²) >= 11 is 6.07. The standard InChI is InChI=1S/C20H21ClN6O2/c21-15-3-1-2-12(10-15)11-27-18-16(24-25-27)19(28)23-17(22-18)13-6-8-26(9-7-13)20(29)14-4-5-14/h1-3,10,13-14H,4-9,11H2,(H,22,23,28). The summed E-state index contributed by atoms with van der Waals surface area (Å²) in [7, 11) is 0. The van der Waals surface area contributed by atoms with Crippen LogP contribution < -0.4 is 5.56 Å². The largest absolute Gasteiger partial charge is 0.342 e. The molecule has 5 rings (SSSR count). The Morgan fingerprint density at radius 2 is 2.00 bits per heavy atom. The molecule has 1 saturated heterocycles. The molecule has 150 valence electrons. The van der Waals surface area contributed by atoms with Gasteiger partial charge in [0, 0.05) is 29.9 Å². The second-order valence-electron chi connectivity index (χ2n) is 7.87. The molecule has 1 aliphatic heterocycles. The summed E-state index contributed by atoms with van der Waals surface area (Å²) in [6.45, 7) is 1.85. The molecule has 3 heterocycles. The Morgan fingerprint density at radius 3 is 2.72 bits per heavy atom. The molecular formula is C20H21ClN6O2. The number of rotatable bonds is 4. The van der Waals surface area contributed by atoms with Crippen LogP contribution in [0.3, 0.4) is 0 Å². The van der Waals surface area contributed by atoms with Crippen LogP contribution in [-0.2, 0) is 11.3 Å². The van der Waals surface area contributed by atoms with Gasteiger partial charge in [-0.15, -0.1) is 5.10 Å². The molecular weight excluding hydrogens is 392 g/mol. The number of aromatic nitrogens is 5. The number of likely N-dealkylation sites (tertiary alicyclic amines) is 1. The van der Waals surface area contributed by atoms with Crippen LogP contribution in [0.1, 0.15) is 43.0 Å². The van der Waals surface area contributed by atoms with Gasteiger partial charge in [-0.1, -0.05) is 28.9 Å². The molecule has 1 N–H and O–H groups in total. The summed E-state index contributed by atoms with van der Waals surface area (Å²) in [5, 5.41) is 8.77. The topological polar surface area (TPSA) is 96.8 Å². The van der Waals surface area contributed by atoms with Crippen LogP contribution in [0.25, 0.3) is 11.2 Å². The lowest BCUT2D eigenvalue weighted by molar-refractivity contribution is -0.133. The number of piperidine rings is 1. The summed E-state index contributed by atoms with van der Waals surface area (Å²) in [4.78, 5) is 34.3. The van der Waals surface area contributed by atoms with Crippen molar-refractivity contribution in [3.05, 3.63) is 51.0 Å². The van der Waals surface area contributed by atoms with Crippen LogP contribution in [0.15, 0.2) is 29.1 Å². The number of hydrogen-bond acceptors (Lipinski definition) is 5. The smallest absolute Gasteiger partial charge is 0.281 e. The van der Waals surface area contributed by atoms with E-state index < -0.39 is 0 Å². The van der Waals surface area contributed by atoms with E-state index >= 15 is 0 Å². The SMILES string of the molecule is O=C(C1CC1)N1CCC(c2nc3c(nnn3Cc3cccc(Cl)c3)c(=O)[nH]2)CC1. The quantitative estimate of drug-likeness (QED) is 0.709. The number of carbonyl (C=O) groups excluding carboxylic acids is 1. The molecule has 29 heavy (non-hydrogen) atoms. The molecule has 1 saturated carbocycles. The van der Waals surface area contributed by atoms with Gasteiger partial charge in [0.2, 0.25) is 5.91 Å². The highest BCUT2D eigenvalue weighted by Gasteiger charge is 2.35. The second-order valence-corrected chi connectivity index (χ2v) is 8.31. The Morgan fingerprint density at radius 1 is 1.21 bits per heavy atom. The molecule has 0 bridgehead atoms. The van der Waals surface area contributed by atoms with Crippen LogP contribution >= 0.6 is 11.6 Å². The van der Waals surface area contributed by atoms with Gasteiger partial charge in [-0.05, 0) is 43.4 Å². The van der Waals surface area contributed by atoms with Crippen molar-refractivity contribution in [1.29, 1.82) is 0 Å². The van der Waals surface area contributed by atoms with Crippen molar-refractivity contribution in [1.82, 2.24) is 29.9 Å². The highest BCUT2D eigenvalue weighted by Crippen LogP contribution is 2.33. The summed E-state index contributed by atoms with van der Waals surface area (Å²) in [6.07, 6.45) is 3.63. The molecule has 0 spiro atoms. The first-order valence-corrected chi connectivity index (χ1v) is 10.3. The van der Waals surface area contributed by atoms with Crippen molar-refractivity contribution >= 4 is 28.7 Å². The number of hydrogen-bond donors (Lipinski definition) is 1. The summed E-state index contributed by atoms with van der Waals surface area (Å²) in [5.41, 5.74) is 1.39. The monoisotopic (exact) mass is 412 g/mol. The number of benzene rings is 1. The zero-order valence-electron chi connectivity index (χ0n) is 15.8. The lowest BCUT2D eigenvalue weighted by Crippen LogP contribution is -2.39. The fraction of sp³-hybridized carbons (Fsp3) is 0.450. The third kappa shape index (κ3) is 3.64. The highest BCUT2D eigenvalue weighted by atomic mass is 35.5. The first-order valence-electron chi connectivity index (χ1n) is 9.95. The van der Waals surface area contributed by atoms with Crippen molar-refractivity contribution < 1.29 is 4.79 Å². The van der Waals surface area contributed by atoms with Gasteiger partial charge in [0.05, 0.1) is 6.54 Å². The van der Waals surface area contributed by atoms with Crippen molar-refractivity contribution in [3.8, 4) is 0 Å². The summed E-state index contributed by atoms with van der Waals surface area (Å²) in [5.74, 6) is 1.29. The van der Waals surface area contributed by atoms with Gasteiger partial charge in [0.1, 0.15) is 5.82 Å². The minimum absolute atomic E-state index is 0.116. The number of halogens is 1. The number of carbonyl (C=O) groups is 1. The normalized spacial score (nSPS) is 17.8. The first-order chi connectivity index (χ1) is 14.1. The second kappa shape index (κ2) is 7.26. The molecule has 1 amide bonds. The minimum Gasteiger partial charge on any atom is -0.342 e. The Kier molecular flexibility index (Phi) is 4.58. The van der Waals surface area contributed by atoms with Crippen molar-refractivity contribution in [2.24, 2.45) is 5.92 Å². The van der Waals surface area contributed by atoms with E-state index in [0.29, 0.717) is 36.1 Å². The van der Waals surface area contributed by atoms with Gasteiger partial charge in [-0.25, -0.2) is 9.67 Å². The summed E-state index contributed by atoms with van der Waals surface area (Å²) in [6, 6.07) is 7.49. The molecule has 2 aromatic heterocycles. The molecule has 2 fully saturated rings. The number of nitrogens with one attached hydrogen (secondary N) is 1. The molecule has 8 nitrogen and oxygen atoms in total. The Hall–Kier alpha value is -2.74. The van der Waals surface area contributed by atoms with Crippen LogP contribution in [0.4, 0.5) is 0 Å². The Balaban J connectivity index is 1.39. The lowest BCUT2D eigenvalue weighted by atomic mass is 9.95. The maximum Gasteiger partial charge on any atom is 0.281 e. The van der Waals surface area contributed by atoms with Crippen molar-refractivity contribution in [3.63, 3.8) is 0 Å². The van der Waals surface area contributed by atoms with Crippen LogP contribution in [0.2, 0.25) is 5.02 Å². The fourth-order valence-corrected chi connectivity index (χ4v) is 4.17. The van der Waals surface area contributed by atoms with Gasteiger partial charge in [0.25, 0.3) is 5.56 Å². The van der Waals surface area contributed by atoms with E-state index in [9.17, 15) is 9.59 Å². The average molecular weight is 413 g/mol. The van der Waals surface area contributed by atoms with Gasteiger partial charge in [0.15, 0.2) is 11.2 Å². The maximum absolute atomic E-state index is 12.5. The van der Waals surface area contributed by atoms with Gasteiger partial charge in [-0.3, -0.25) is 9.59 Å². The van der Waals surface area contributed by atoms with E-state index in [1.807, 2.05) is 29.2 Å². The van der Waals surface area contributed by atoms with E-state index in [1.165, 1.54) is 0 Å². The third-order valence-corrected chi connectivity index (χ3v) is 5.97. The molecule has 9 heteroatoms. The number of fused-ring (bicyclic) bond motifs is 1. The van der Waals surface area contributed by atoms with Crippen LogP contribution in [-0.4, -0.2) is 48.9 Å². The lowest BCUT2D eigenvalue weighted by Gasteiger charge is -2.31. The maximum atomic E-state index is 12.5. The number of nitrogens with zero attached hydrogens (tertiary/aromatic N) is 5. The molecule has 2 aliphatic rings. The van der Waals surface area contributed by atoms with Crippen molar-refractivity contribution in [2.75, 3.05) is 13.1 Å². The van der Waals surface area contributed by atoms with E-state index in [0.717, 1.165) is 31.2 Å². The predicted molar refractivity (Wildman–Crippen MR) is 108 cm³/mol. The zero-order chi connectivity index (χ0) is 20.0. The first kappa shape index (κ1) is 18.3. The number of amides is 1. The fourth-order valence-electron chi connectivity index (χ4n) is 3.95. The third-order valence-electron chi connectivity index (χ3n) is 5.73. The van der Waals surface area contributed by atoms with Crippen LogP contribution in [0, 0.1) is 5.92 Å². The van der Waals surface area contributed by atoms with E-state index in [-0.39, 0.29) is 28.8 Å². The Bertz CT molecular complexity index is 1130. The highest BCUT2D eigenvalue weighted by molar-refractivity contribution is 6.30. The van der Waals surface area contributed by atoms with Gasteiger partial charge < -0.3 is 9.88 Å². The molecule has 0 atom stereocenters. The minimum atomic E-state index is -0.279.